The molecule has 36 valence electrons. The van der Waals surface area contributed by atoms with Crippen LogP contribution in [0, 0.1) is 0 Å². The number of rotatable bonds is 2. The minimum atomic E-state index is 1.07. The Hall–Kier alpha value is -0.0800. The smallest absolute Gasteiger partial charge is 0.0479 e. The molecule has 1 rings (SSSR count). The molecule has 0 aliphatic carbocycles. The lowest BCUT2D eigenvalue weighted by atomic mass is 11.0. The van der Waals surface area contributed by atoms with Crippen LogP contribution in [0.5, 0.6) is 0 Å². The first-order valence-electron chi connectivity index (χ1n) is 2.30. The van der Waals surface area contributed by atoms with Gasteiger partial charge in [-0.1, -0.05) is 0 Å². The van der Waals surface area contributed by atoms with Gasteiger partial charge in [-0.15, -0.1) is 0 Å². The molecule has 0 amide bonds. The second kappa shape index (κ2) is 1.58. The zero-order valence-electron chi connectivity index (χ0n) is 4.07. The molecule has 0 spiro atoms. The van der Waals surface area contributed by atoms with Crippen LogP contribution in [0.2, 0.25) is 0 Å². The average molecular weight is 86.1 g/mol. The Labute approximate surface area is 38.1 Å². The molecule has 0 aromatic carbocycles. The first-order valence-corrected chi connectivity index (χ1v) is 2.30. The lowest BCUT2D eigenvalue weighted by Gasteiger charge is -1.92. The second-order valence-corrected chi connectivity index (χ2v) is 1.63. The molecule has 1 N–H and O–H groups in total. The summed E-state index contributed by atoms with van der Waals surface area (Å²) in [6.07, 6.45) is 0. The molecule has 0 radical (unpaired) electrons. The van der Waals surface area contributed by atoms with E-state index in [9.17, 15) is 0 Å². The minimum absolute atomic E-state index is 1.07. The van der Waals surface area contributed by atoms with E-state index >= 15 is 0 Å². The normalized spacial score (nSPS) is 21.5. The maximum Gasteiger partial charge on any atom is 0.0479 e. The SMILES string of the molecule is CNCN1CC1. The lowest BCUT2D eigenvalue weighted by Crippen LogP contribution is -2.15. The van der Waals surface area contributed by atoms with Gasteiger partial charge in [0.25, 0.3) is 0 Å². The highest BCUT2D eigenvalue weighted by atomic mass is 15.3. The summed E-state index contributed by atoms with van der Waals surface area (Å²) < 4.78 is 0. The predicted octanol–water partition coefficient (Wildman–Crippen LogP) is -0.521. The second-order valence-electron chi connectivity index (χ2n) is 1.63. The molecule has 2 nitrogen and oxygen atoms in total. The molecule has 1 heterocycles. The van der Waals surface area contributed by atoms with Crippen molar-refractivity contribution in [1.82, 2.24) is 10.2 Å². The summed E-state index contributed by atoms with van der Waals surface area (Å²) in [7, 11) is 1.97. The van der Waals surface area contributed by atoms with Crippen molar-refractivity contribution in [3.63, 3.8) is 0 Å². The predicted molar refractivity (Wildman–Crippen MR) is 25.5 cm³/mol. The summed E-state index contributed by atoms with van der Waals surface area (Å²) in [6.45, 7) is 3.65. The molecule has 2 heteroatoms. The number of hydrogen-bond donors (Lipinski definition) is 1. The molecule has 1 fully saturated rings. The zero-order chi connectivity index (χ0) is 4.41. The van der Waals surface area contributed by atoms with E-state index in [0.29, 0.717) is 0 Å². The van der Waals surface area contributed by atoms with Crippen LogP contribution in [0.3, 0.4) is 0 Å². The molecule has 0 atom stereocenters. The molecule has 1 saturated heterocycles. The van der Waals surface area contributed by atoms with Gasteiger partial charge in [0.05, 0.1) is 0 Å². The first-order chi connectivity index (χ1) is 2.93. The van der Waals surface area contributed by atoms with E-state index < -0.39 is 0 Å². The molecular weight excluding hydrogens is 76.1 g/mol. The van der Waals surface area contributed by atoms with Crippen LogP contribution in [0.4, 0.5) is 0 Å². The van der Waals surface area contributed by atoms with Gasteiger partial charge >= 0.3 is 0 Å². The molecule has 0 aromatic heterocycles. The van der Waals surface area contributed by atoms with Gasteiger partial charge in [0, 0.05) is 19.8 Å². The molecule has 1 aliphatic heterocycles. The van der Waals surface area contributed by atoms with E-state index in [-0.39, 0.29) is 0 Å². The number of nitrogens with zero attached hydrogens (tertiary/aromatic N) is 1. The summed E-state index contributed by atoms with van der Waals surface area (Å²) in [4.78, 5) is 2.32. The molecule has 0 aromatic rings. The van der Waals surface area contributed by atoms with Gasteiger partial charge < -0.3 is 5.32 Å². The standard InChI is InChI=1S/C4H10N2/c1-5-4-6-2-3-6/h5H,2-4H2,1H3. The van der Waals surface area contributed by atoms with Crippen molar-refractivity contribution in [2.45, 2.75) is 0 Å². The Morgan fingerprint density at radius 2 is 2.33 bits per heavy atom. The largest absolute Gasteiger partial charge is 0.307 e. The van der Waals surface area contributed by atoms with Gasteiger partial charge in [-0.3, -0.25) is 4.90 Å². The van der Waals surface area contributed by atoms with Gasteiger partial charge in [0.1, 0.15) is 0 Å². The molecule has 0 bridgehead atoms. The average Bonchev–Trinajstić information content (AvgIpc) is 2.21. The third-order valence-electron chi connectivity index (χ3n) is 0.922. The van der Waals surface area contributed by atoms with E-state index in [4.69, 9.17) is 0 Å². The third kappa shape index (κ3) is 0.954. The van der Waals surface area contributed by atoms with Crippen molar-refractivity contribution < 1.29 is 0 Å². The minimum Gasteiger partial charge on any atom is -0.307 e. The topological polar surface area (TPSA) is 15.0 Å². The Morgan fingerprint density at radius 3 is 2.50 bits per heavy atom. The van der Waals surface area contributed by atoms with Crippen LogP contribution in [0.1, 0.15) is 0 Å². The highest BCUT2D eigenvalue weighted by Gasteiger charge is 2.13. The van der Waals surface area contributed by atoms with Crippen molar-refractivity contribution in [3.8, 4) is 0 Å². The zero-order valence-corrected chi connectivity index (χ0v) is 4.07. The van der Waals surface area contributed by atoms with Crippen molar-refractivity contribution in [2.24, 2.45) is 0 Å². The van der Waals surface area contributed by atoms with Crippen molar-refractivity contribution in [3.05, 3.63) is 0 Å². The van der Waals surface area contributed by atoms with E-state index in [2.05, 4.69) is 10.2 Å². The van der Waals surface area contributed by atoms with Gasteiger partial charge in [-0.05, 0) is 7.05 Å². The van der Waals surface area contributed by atoms with Gasteiger partial charge in [0.15, 0.2) is 0 Å². The summed E-state index contributed by atoms with van der Waals surface area (Å²) in [5, 5.41) is 3.06. The Kier molecular flexibility index (Phi) is 1.08. The Balaban J connectivity index is 1.88. The van der Waals surface area contributed by atoms with E-state index in [1.807, 2.05) is 7.05 Å². The fraction of sp³-hybridized carbons (Fsp3) is 1.00. The summed E-state index contributed by atoms with van der Waals surface area (Å²) in [5.41, 5.74) is 0. The third-order valence-corrected chi connectivity index (χ3v) is 0.922. The highest BCUT2D eigenvalue weighted by Crippen LogP contribution is 1.97. The van der Waals surface area contributed by atoms with Gasteiger partial charge in [0.2, 0.25) is 0 Å². The summed E-state index contributed by atoms with van der Waals surface area (Å²) in [6, 6.07) is 0. The molecule has 0 unspecified atom stereocenters. The Bertz CT molecular complexity index is 40.8. The summed E-state index contributed by atoms with van der Waals surface area (Å²) in [5.74, 6) is 0. The number of nitrogens with one attached hydrogen (secondary N) is 1. The molecule has 0 saturated carbocycles. The fourth-order valence-electron chi connectivity index (χ4n) is 0.452. The van der Waals surface area contributed by atoms with Gasteiger partial charge in [-0.2, -0.15) is 0 Å². The quantitative estimate of drug-likeness (QED) is 0.455. The monoisotopic (exact) mass is 86.1 g/mol. The van der Waals surface area contributed by atoms with Crippen LogP contribution in [-0.2, 0) is 0 Å². The van der Waals surface area contributed by atoms with Crippen molar-refractivity contribution in [2.75, 3.05) is 26.8 Å². The van der Waals surface area contributed by atoms with Crippen LogP contribution >= 0.6 is 0 Å². The molecular formula is C4H10N2. The Morgan fingerprint density at radius 1 is 1.67 bits per heavy atom. The maximum absolute atomic E-state index is 3.06. The van der Waals surface area contributed by atoms with Gasteiger partial charge in [-0.25, -0.2) is 0 Å². The summed E-state index contributed by atoms with van der Waals surface area (Å²) >= 11 is 0. The molecule has 1 aliphatic rings. The number of hydrogen-bond acceptors (Lipinski definition) is 2. The van der Waals surface area contributed by atoms with E-state index in [1.54, 1.807) is 0 Å². The first kappa shape index (κ1) is 4.09. The molecule has 6 heavy (non-hydrogen) atoms. The fourth-order valence-corrected chi connectivity index (χ4v) is 0.452. The van der Waals surface area contributed by atoms with E-state index in [1.165, 1.54) is 13.1 Å². The lowest BCUT2D eigenvalue weighted by molar-refractivity contribution is 0.515. The van der Waals surface area contributed by atoms with E-state index in [0.717, 1.165) is 6.67 Å². The van der Waals surface area contributed by atoms with Crippen LogP contribution in [0.25, 0.3) is 0 Å². The van der Waals surface area contributed by atoms with Crippen LogP contribution in [-0.4, -0.2) is 31.7 Å². The van der Waals surface area contributed by atoms with Crippen molar-refractivity contribution in [1.29, 1.82) is 0 Å². The van der Waals surface area contributed by atoms with Crippen LogP contribution in [0.15, 0.2) is 0 Å². The van der Waals surface area contributed by atoms with Crippen molar-refractivity contribution >= 4 is 0 Å². The maximum atomic E-state index is 3.06. The highest BCUT2D eigenvalue weighted by molar-refractivity contribution is 4.69. The van der Waals surface area contributed by atoms with Crippen LogP contribution < -0.4 is 5.32 Å².